The fourth-order valence-electron chi connectivity index (χ4n) is 2.59. The highest BCUT2D eigenvalue weighted by molar-refractivity contribution is 7.89. The van der Waals surface area contributed by atoms with E-state index >= 15 is 0 Å². The van der Waals surface area contributed by atoms with Gasteiger partial charge in [-0.2, -0.15) is 4.72 Å². The van der Waals surface area contributed by atoms with E-state index in [1.807, 2.05) is 6.07 Å². The maximum absolute atomic E-state index is 13.9. The predicted octanol–water partition coefficient (Wildman–Crippen LogP) is 1.87. The molecular formula is C19H23FN2O4S. The normalized spacial score (nSPS) is 13.7. The first-order valence-corrected chi connectivity index (χ1v) is 9.92. The van der Waals surface area contributed by atoms with Gasteiger partial charge in [0.25, 0.3) is 0 Å². The average molecular weight is 394 g/mol. The molecule has 0 aromatic heterocycles. The van der Waals surface area contributed by atoms with Crippen molar-refractivity contribution in [3.8, 4) is 0 Å². The highest BCUT2D eigenvalue weighted by atomic mass is 32.2. The molecule has 0 heterocycles. The maximum Gasteiger partial charge on any atom is 0.244 e. The number of amides is 1. The van der Waals surface area contributed by atoms with Gasteiger partial charge in [0.1, 0.15) is 16.8 Å². The zero-order valence-electron chi connectivity index (χ0n) is 15.2. The summed E-state index contributed by atoms with van der Waals surface area (Å²) in [5.41, 5.74) is 0.772. The van der Waals surface area contributed by atoms with E-state index in [1.165, 1.54) is 19.2 Å². The minimum absolute atomic E-state index is 0.125. The van der Waals surface area contributed by atoms with Gasteiger partial charge in [-0.1, -0.05) is 42.5 Å². The SMILES string of the molecule is COC[C@H](C)NC(=O)[C@H](Cc1ccccc1)NS(=O)(=O)c1ccccc1F. The minimum atomic E-state index is -4.22. The second-order valence-corrected chi connectivity index (χ2v) is 7.84. The Morgan fingerprint density at radius 3 is 2.37 bits per heavy atom. The highest BCUT2D eigenvalue weighted by Gasteiger charge is 2.28. The quantitative estimate of drug-likeness (QED) is 0.680. The molecule has 2 atom stereocenters. The van der Waals surface area contributed by atoms with E-state index in [9.17, 15) is 17.6 Å². The van der Waals surface area contributed by atoms with Crippen molar-refractivity contribution in [1.82, 2.24) is 10.0 Å². The molecule has 2 N–H and O–H groups in total. The summed E-state index contributed by atoms with van der Waals surface area (Å²) >= 11 is 0. The van der Waals surface area contributed by atoms with Gasteiger partial charge in [0.2, 0.25) is 15.9 Å². The number of methoxy groups -OCH3 is 1. The van der Waals surface area contributed by atoms with Crippen LogP contribution >= 0.6 is 0 Å². The molecule has 8 heteroatoms. The molecule has 146 valence electrons. The Morgan fingerprint density at radius 1 is 1.11 bits per heavy atom. The molecular weight excluding hydrogens is 371 g/mol. The monoisotopic (exact) mass is 394 g/mol. The zero-order chi connectivity index (χ0) is 19.9. The topological polar surface area (TPSA) is 84.5 Å². The van der Waals surface area contributed by atoms with Crippen LogP contribution in [0.25, 0.3) is 0 Å². The van der Waals surface area contributed by atoms with Gasteiger partial charge in [-0.25, -0.2) is 12.8 Å². The minimum Gasteiger partial charge on any atom is -0.383 e. The van der Waals surface area contributed by atoms with Crippen LogP contribution in [0.15, 0.2) is 59.5 Å². The van der Waals surface area contributed by atoms with Gasteiger partial charge in [-0.05, 0) is 31.0 Å². The van der Waals surface area contributed by atoms with Crippen molar-refractivity contribution in [1.29, 1.82) is 0 Å². The first kappa shape index (κ1) is 21.0. The third kappa shape index (κ3) is 6.13. The van der Waals surface area contributed by atoms with Crippen LogP contribution in [0, 0.1) is 5.82 Å². The molecule has 0 saturated heterocycles. The summed E-state index contributed by atoms with van der Waals surface area (Å²) in [6.45, 7) is 2.02. The van der Waals surface area contributed by atoms with Gasteiger partial charge >= 0.3 is 0 Å². The van der Waals surface area contributed by atoms with Gasteiger partial charge < -0.3 is 10.1 Å². The van der Waals surface area contributed by atoms with E-state index in [0.717, 1.165) is 17.7 Å². The zero-order valence-corrected chi connectivity index (χ0v) is 16.0. The summed E-state index contributed by atoms with van der Waals surface area (Å²) in [5, 5.41) is 2.71. The number of halogens is 1. The Kier molecular flexibility index (Phi) is 7.46. The van der Waals surface area contributed by atoms with Gasteiger partial charge in [0.15, 0.2) is 0 Å². The van der Waals surface area contributed by atoms with Crippen LogP contribution in [-0.2, 0) is 26.0 Å². The number of hydrogen-bond donors (Lipinski definition) is 2. The van der Waals surface area contributed by atoms with Crippen LogP contribution in [-0.4, -0.2) is 40.1 Å². The van der Waals surface area contributed by atoms with Crippen molar-refractivity contribution < 1.29 is 22.3 Å². The molecule has 0 aliphatic heterocycles. The molecule has 2 aromatic rings. The van der Waals surface area contributed by atoms with Crippen LogP contribution in [0.1, 0.15) is 12.5 Å². The number of rotatable bonds is 9. The summed E-state index contributed by atoms with van der Waals surface area (Å²) in [5.74, 6) is -1.39. The van der Waals surface area contributed by atoms with Crippen molar-refractivity contribution in [2.24, 2.45) is 0 Å². The Morgan fingerprint density at radius 2 is 1.74 bits per heavy atom. The molecule has 27 heavy (non-hydrogen) atoms. The Balaban J connectivity index is 2.26. The molecule has 2 aromatic carbocycles. The maximum atomic E-state index is 13.9. The summed E-state index contributed by atoms with van der Waals surface area (Å²) in [6, 6.07) is 12.6. The molecule has 0 unspecified atom stereocenters. The summed E-state index contributed by atoms with van der Waals surface area (Å²) in [7, 11) is -2.72. The van der Waals surface area contributed by atoms with Crippen molar-refractivity contribution in [2.45, 2.75) is 30.3 Å². The number of carbonyl (C=O) groups is 1. The predicted molar refractivity (Wildman–Crippen MR) is 100 cm³/mol. The molecule has 0 fully saturated rings. The summed E-state index contributed by atoms with van der Waals surface area (Å²) in [6.07, 6.45) is 0.125. The Bertz CT molecular complexity index is 859. The Labute approximate surface area is 158 Å². The third-order valence-electron chi connectivity index (χ3n) is 3.83. The first-order valence-electron chi connectivity index (χ1n) is 8.43. The first-order chi connectivity index (χ1) is 12.8. The third-order valence-corrected chi connectivity index (χ3v) is 5.33. The number of hydrogen-bond acceptors (Lipinski definition) is 4. The van der Waals surface area contributed by atoms with Gasteiger partial charge in [0.05, 0.1) is 6.61 Å². The fourth-order valence-corrected chi connectivity index (χ4v) is 3.86. The molecule has 0 aliphatic carbocycles. The summed E-state index contributed by atoms with van der Waals surface area (Å²) < 4.78 is 46.5. The van der Waals surface area contributed by atoms with E-state index in [0.29, 0.717) is 0 Å². The van der Waals surface area contributed by atoms with E-state index < -0.39 is 32.7 Å². The molecule has 0 radical (unpaired) electrons. The number of nitrogens with one attached hydrogen (secondary N) is 2. The highest BCUT2D eigenvalue weighted by Crippen LogP contribution is 2.15. The lowest BCUT2D eigenvalue weighted by Crippen LogP contribution is -2.50. The molecule has 0 aliphatic rings. The lowest BCUT2D eigenvalue weighted by molar-refractivity contribution is -0.123. The van der Waals surface area contributed by atoms with E-state index in [1.54, 1.807) is 31.2 Å². The number of sulfonamides is 1. The lowest BCUT2D eigenvalue weighted by atomic mass is 10.1. The number of ether oxygens (including phenoxy) is 1. The number of benzene rings is 2. The van der Waals surface area contributed by atoms with Crippen LogP contribution < -0.4 is 10.0 Å². The van der Waals surface area contributed by atoms with Crippen molar-refractivity contribution in [3.63, 3.8) is 0 Å². The molecule has 0 saturated carbocycles. The molecule has 1 amide bonds. The molecule has 6 nitrogen and oxygen atoms in total. The van der Waals surface area contributed by atoms with Crippen LogP contribution in [0.4, 0.5) is 4.39 Å². The molecule has 0 spiro atoms. The van der Waals surface area contributed by atoms with Crippen molar-refractivity contribution >= 4 is 15.9 Å². The largest absolute Gasteiger partial charge is 0.383 e. The van der Waals surface area contributed by atoms with E-state index in [-0.39, 0.29) is 19.1 Å². The fraction of sp³-hybridized carbons (Fsp3) is 0.316. The van der Waals surface area contributed by atoms with E-state index in [4.69, 9.17) is 4.74 Å². The number of carbonyl (C=O) groups excluding carboxylic acids is 1. The molecule has 2 rings (SSSR count). The standard InChI is InChI=1S/C19H23FN2O4S/c1-14(13-26-2)21-19(23)17(12-15-8-4-3-5-9-15)22-27(24,25)18-11-7-6-10-16(18)20/h3-11,14,17,22H,12-13H2,1-2H3,(H,21,23)/t14-,17-/m0/s1. The van der Waals surface area contributed by atoms with Crippen LogP contribution in [0.2, 0.25) is 0 Å². The van der Waals surface area contributed by atoms with Gasteiger partial charge in [-0.15, -0.1) is 0 Å². The lowest BCUT2D eigenvalue weighted by Gasteiger charge is -2.21. The molecule has 0 bridgehead atoms. The van der Waals surface area contributed by atoms with Crippen molar-refractivity contribution in [3.05, 3.63) is 66.0 Å². The average Bonchev–Trinajstić information content (AvgIpc) is 2.62. The second-order valence-electron chi connectivity index (χ2n) is 6.16. The summed E-state index contributed by atoms with van der Waals surface area (Å²) in [4.78, 5) is 12.1. The van der Waals surface area contributed by atoms with Crippen molar-refractivity contribution in [2.75, 3.05) is 13.7 Å². The second kappa shape index (κ2) is 9.59. The van der Waals surface area contributed by atoms with E-state index in [2.05, 4.69) is 10.0 Å². The van der Waals surface area contributed by atoms with Gasteiger partial charge in [0, 0.05) is 13.2 Å². The smallest absolute Gasteiger partial charge is 0.244 e. The van der Waals surface area contributed by atoms with Gasteiger partial charge in [-0.3, -0.25) is 4.79 Å². The van der Waals surface area contributed by atoms with Crippen LogP contribution in [0.3, 0.4) is 0 Å². The van der Waals surface area contributed by atoms with Crippen LogP contribution in [0.5, 0.6) is 0 Å². The Hall–Kier alpha value is -2.29.